The molecule has 1 spiro atoms. The van der Waals surface area contributed by atoms with Gasteiger partial charge in [-0.1, -0.05) is 136 Å². The fourth-order valence-corrected chi connectivity index (χ4v) is 8.70. The molecule has 0 heterocycles. The van der Waals surface area contributed by atoms with Crippen molar-refractivity contribution in [3.05, 3.63) is 165 Å². The van der Waals surface area contributed by atoms with E-state index >= 15 is 0 Å². The summed E-state index contributed by atoms with van der Waals surface area (Å²) in [7, 11) is 0. The molecule has 0 saturated carbocycles. The van der Waals surface area contributed by atoms with Crippen molar-refractivity contribution in [3.63, 3.8) is 0 Å². The molecule has 0 aromatic heterocycles. The van der Waals surface area contributed by atoms with Crippen molar-refractivity contribution in [2.24, 2.45) is 17.3 Å². The molecule has 0 heteroatoms. The third-order valence-electron chi connectivity index (χ3n) is 10.8. The van der Waals surface area contributed by atoms with E-state index in [1.165, 1.54) is 66.8 Å². The van der Waals surface area contributed by atoms with Crippen LogP contribution in [0.5, 0.6) is 0 Å². The van der Waals surface area contributed by atoms with Gasteiger partial charge >= 0.3 is 0 Å². The van der Waals surface area contributed by atoms with E-state index in [1.807, 2.05) is 0 Å². The van der Waals surface area contributed by atoms with Gasteiger partial charge in [-0.3, -0.25) is 0 Å². The Morgan fingerprint density at radius 2 is 1.49 bits per heavy atom. The van der Waals surface area contributed by atoms with E-state index in [1.54, 1.807) is 5.57 Å². The standard InChI is InChI=1S/C43H40/c1-6-13-31(42(3,4)5)22-21-30-25-39-41(35-26-34-27(2)20-23-32(34)40(30)35)33-16-9-12-19-38(33)43(39)36-17-10-7-14-28(36)24-29-15-8-11-18-37(29)43/h6-12,14-23,25,27,31H,1,13,24,26H2,2-5H3/b22-21-. The first-order valence-corrected chi connectivity index (χ1v) is 16.0. The molecule has 4 aromatic carbocycles. The Hall–Kier alpha value is -4.16. The first-order chi connectivity index (χ1) is 20.8. The molecule has 0 fully saturated rings. The lowest BCUT2D eigenvalue weighted by Crippen LogP contribution is -2.34. The van der Waals surface area contributed by atoms with Crippen molar-refractivity contribution in [3.8, 4) is 11.1 Å². The molecule has 0 saturated heterocycles. The van der Waals surface area contributed by atoms with E-state index in [0.29, 0.717) is 11.8 Å². The van der Waals surface area contributed by atoms with Gasteiger partial charge in [0.25, 0.3) is 0 Å². The summed E-state index contributed by atoms with van der Waals surface area (Å²) in [6.45, 7) is 13.5. The van der Waals surface area contributed by atoms with Crippen LogP contribution in [0.2, 0.25) is 0 Å². The molecule has 0 N–H and O–H groups in total. The van der Waals surface area contributed by atoms with Gasteiger partial charge in [0, 0.05) is 0 Å². The maximum Gasteiger partial charge on any atom is 0.0719 e. The van der Waals surface area contributed by atoms with Gasteiger partial charge in [-0.15, -0.1) is 6.58 Å². The Labute approximate surface area is 257 Å². The van der Waals surface area contributed by atoms with Gasteiger partial charge in [0.15, 0.2) is 0 Å². The van der Waals surface area contributed by atoms with Gasteiger partial charge in [-0.2, -0.15) is 0 Å². The van der Waals surface area contributed by atoms with Crippen LogP contribution >= 0.6 is 0 Å². The molecule has 4 aliphatic carbocycles. The van der Waals surface area contributed by atoms with Crippen molar-refractivity contribution >= 4 is 11.6 Å². The smallest absolute Gasteiger partial charge is 0.0719 e. The molecule has 43 heavy (non-hydrogen) atoms. The molecule has 0 bridgehead atoms. The largest absolute Gasteiger partial charge is 0.103 e. The van der Waals surface area contributed by atoms with E-state index in [4.69, 9.17) is 0 Å². The minimum Gasteiger partial charge on any atom is -0.103 e. The Balaban J connectivity index is 1.48. The van der Waals surface area contributed by atoms with Crippen molar-refractivity contribution in [1.29, 1.82) is 0 Å². The fraction of sp³-hybridized carbons (Fsp3) is 0.256. The van der Waals surface area contributed by atoms with Crippen LogP contribution in [0, 0.1) is 17.3 Å². The summed E-state index contributed by atoms with van der Waals surface area (Å²) in [5.41, 5.74) is 18.8. The zero-order valence-corrected chi connectivity index (χ0v) is 25.9. The van der Waals surface area contributed by atoms with E-state index < -0.39 is 0 Å². The van der Waals surface area contributed by atoms with Gasteiger partial charge in [-0.25, -0.2) is 0 Å². The first kappa shape index (κ1) is 26.5. The van der Waals surface area contributed by atoms with Gasteiger partial charge in [0.2, 0.25) is 0 Å². The summed E-state index contributed by atoms with van der Waals surface area (Å²) >= 11 is 0. The quantitative estimate of drug-likeness (QED) is 0.189. The molecular formula is C43H40. The van der Waals surface area contributed by atoms with Crippen molar-refractivity contribution in [1.82, 2.24) is 0 Å². The van der Waals surface area contributed by atoms with Crippen molar-refractivity contribution < 1.29 is 0 Å². The minimum absolute atomic E-state index is 0.162. The van der Waals surface area contributed by atoms with Crippen LogP contribution in [0.15, 0.2) is 115 Å². The number of hydrogen-bond acceptors (Lipinski definition) is 0. The highest BCUT2D eigenvalue weighted by atomic mass is 14.5. The van der Waals surface area contributed by atoms with Crippen molar-refractivity contribution in [2.45, 2.75) is 52.4 Å². The molecule has 4 aliphatic rings. The van der Waals surface area contributed by atoms with Gasteiger partial charge < -0.3 is 0 Å². The van der Waals surface area contributed by atoms with E-state index in [0.717, 1.165) is 19.3 Å². The summed E-state index contributed by atoms with van der Waals surface area (Å²) in [6.07, 6.45) is 14.8. The van der Waals surface area contributed by atoms with Gasteiger partial charge in [0.1, 0.15) is 0 Å². The topological polar surface area (TPSA) is 0 Å². The number of rotatable bonds is 4. The normalized spacial score (nSPS) is 19.2. The Morgan fingerprint density at radius 3 is 2.16 bits per heavy atom. The molecule has 212 valence electrons. The summed E-state index contributed by atoms with van der Waals surface area (Å²) in [6, 6.07) is 30.3. The monoisotopic (exact) mass is 556 g/mol. The van der Waals surface area contributed by atoms with Crippen LogP contribution in [-0.2, 0) is 18.3 Å². The van der Waals surface area contributed by atoms with Gasteiger partial charge in [-0.05, 0) is 109 Å². The molecule has 0 aliphatic heterocycles. The third kappa shape index (κ3) is 3.62. The fourth-order valence-electron chi connectivity index (χ4n) is 8.70. The average molecular weight is 557 g/mol. The molecule has 0 nitrogen and oxygen atoms in total. The second-order valence-electron chi connectivity index (χ2n) is 14.1. The van der Waals surface area contributed by atoms with E-state index in [-0.39, 0.29) is 10.8 Å². The zero-order chi connectivity index (χ0) is 29.5. The van der Waals surface area contributed by atoms with Crippen LogP contribution < -0.4 is 0 Å². The lowest BCUT2D eigenvalue weighted by atomic mass is 9.61. The molecule has 8 rings (SSSR count). The predicted molar refractivity (Wildman–Crippen MR) is 182 cm³/mol. The average Bonchev–Trinajstić information content (AvgIpc) is 3.65. The maximum atomic E-state index is 4.10. The van der Waals surface area contributed by atoms with Crippen LogP contribution in [0.25, 0.3) is 22.8 Å². The van der Waals surface area contributed by atoms with Crippen LogP contribution in [-0.4, -0.2) is 0 Å². The molecule has 0 radical (unpaired) electrons. The summed E-state index contributed by atoms with van der Waals surface area (Å²) in [4.78, 5) is 0. The predicted octanol–water partition coefficient (Wildman–Crippen LogP) is 10.7. The summed E-state index contributed by atoms with van der Waals surface area (Å²) < 4.78 is 0. The van der Waals surface area contributed by atoms with E-state index in [2.05, 4.69) is 144 Å². The van der Waals surface area contributed by atoms with Crippen molar-refractivity contribution in [2.75, 3.05) is 0 Å². The Bertz CT molecular complexity index is 1870. The number of fused-ring (bicyclic) bond motifs is 12. The number of hydrogen-bond donors (Lipinski definition) is 0. The molecular weight excluding hydrogens is 516 g/mol. The second-order valence-corrected chi connectivity index (χ2v) is 14.1. The Morgan fingerprint density at radius 1 is 0.837 bits per heavy atom. The second kappa shape index (κ2) is 9.42. The van der Waals surface area contributed by atoms with Crippen LogP contribution in [0.1, 0.15) is 84.2 Å². The lowest BCUT2D eigenvalue weighted by molar-refractivity contribution is 0.296. The number of benzene rings is 4. The summed E-state index contributed by atoms with van der Waals surface area (Å²) in [5, 5.41) is 0. The zero-order valence-electron chi connectivity index (χ0n) is 25.9. The van der Waals surface area contributed by atoms with Crippen LogP contribution in [0.4, 0.5) is 0 Å². The van der Waals surface area contributed by atoms with Gasteiger partial charge in [0.05, 0.1) is 5.41 Å². The van der Waals surface area contributed by atoms with Crippen LogP contribution in [0.3, 0.4) is 0 Å². The Kier molecular flexibility index (Phi) is 5.80. The molecule has 2 atom stereocenters. The molecule has 2 unspecified atom stereocenters. The molecule has 4 aromatic rings. The maximum absolute atomic E-state index is 4.10. The highest BCUT2D eigenvalue weighted by Gasteiger charge is 2.51. The summed E-state index contributed by atoms with van der Waals surface area (Å²) in [5.74, 6) is 0.906. The highest BCUT2D eigenvalue weighted by Crippen LogP contribution is 2.62. The minimum atomic E-state index is -0.325. The SMILES string of the molecule is C=CCC(/C=C\c1cc2c(c3c1C1=C(C3)C(C)C=C1)-c1ccccc1C21c2ccccc2Cc2ccccc21)C(C)(C)C. The third-order valence-corrected chi connectivity index (χ3v) is 10.8. The first-order valence-electron chi connectivity index (χ1n) is 16.0. The lowest BCUT2D eigenvalue weighted by Gasteiger charge is -2.40. The highest BCUT2D eigenvalue weighted by molar-refractivity contribution is 5.99. The molecule has 0 amide bonds. The number of allylic oxidation sites excluding steroid dienone is 6. The van der Waals surface area contributed by atoms with E-state index in [9.17, 15) is 0 Å².